The van der Waals surface area contributed by atoms with E-state index in [2.05, 4.69) is 5.10 Å². The summed E-state index contributed by atoms with van der Waals surface area (Å²) in [5.74, 6) is 0. The molecule has 4 nitrogen and oxygen atoms in total. The number of carbonyl (C=O) groups excluding carboxylic acids is 1. The second kappa shape index (κ2) is 6.77. The van der Waals surface area contributed by atoms with E-state index in [1.807, 2.05) is 0 Å². The van der Waals surface area contributed by atoms with Gasteiger partial charge in [-0.25, -0.2) is 0 Å². The first-order valence-corrected chi connectivity index (χ1v) is 7.95. The monoisotopic (exact) mass is 378 g/mol. The lowest BCUT2D eigenvalue weighted by atomic mass is 10.1. The first kappa shape index (κ1) is 16.7. The predicted molar refractivity (Wildman–Crippen MR) is 95.5 cm³/mol. The highest BCUT2D eigenvalue weighted by Gasteiger charge is 2.16. The SMILES string of the molecule is O=C(Cl)c1cc(-c2ccc(Cl)cc2)nn(-c2cccc(Cl)c2)c1=O. The number of benzene rings is 2. The lowest BCUT2D eigenvalue weighted by Crippen LogP contribution is -2.26. The summed E-state index contributed by atoms with van der Waals surface area (Å²) >= 11 is 17.4. The Hall–Kier alpha value is -2.14. The first-order valence-electron chi connectivity index (χ1n) is 6.82. The molecule has 0 saturated heterocycles. The molecule has 0 spiro atoms. The molecule has 0 radical (unpaired) electrons. The summed E-state index contributed by atoms with van der Waals surface area (Å²) in [6, 6.07) is 14.8. The van der Waals surface area contributed by atoms with Crippen molar-refractivity contribution in [2.45, 2.75) is 0 Å². The normalized spacial score (nSPS) is 10.6. The Kier molecular flexibility index (Phi) is 4.71. The van der Waals surface area contributed by atoms with Gasteiger partial charge in [0.05, 0.1) is 11.4 Å². The molecule has 0 saturated carbocycles. The molecular formula is C17H9Cl3N2O2. The number of hydrogen-bond acceptors (Lipinski definition) is 3. The fraction of sp³-hybridized carbons (Fsp3) is 0. The van der Waals surface area contributed by atoms with Gasteiger partial charge < -0.3 is 0 Å². The van der Waals surface area contributed by atoms with E-state index >= 15 is 0 Å². The van der Waals surface area contributed by atoms with Crippen LogP contribution < -0.4 is 5.56 Å². The van der Waals surface area contributed by atoms with Gasteiger partial charge in [-0.3, -0.25) is 9.59 Å². The highest BCUT2D eigenvalue weighted by molar-refractivity contribution is 6.67. The molecule has 0 aliphatic rings. The average molecular weight is 380 g/mol. The third kappa shape index (κ3) is 3.36. The van der Waals surface area contributed by atoms with E-state index in [4.69, 9.17) is 34.8 Å². The molecule has 1 heterocycles. The van der Waals surface area contributed by atoms with Crippen molar-refractivity contribution in [3.63, 3.8) is 0 Å². The van der Waals surface area contributed by atoms with Crippen LogP contribution in [-0.4, -0.2) is 15.0 Å². The highest BCUT2D eigenvalue weighted by Crippen LogP contribution is 2.21. The van der Waals surface area contributed by atoms with Gasteiger partial charge in [0, 0.05) is 15.6 Å². The van der Waals surface area contributed by atoms with E-state index < -0.39 is 10.8 Å². The summed E-state index contributed by atoms with van der Waals surface area (Å²) in [7, 11) is 0. The van der Waals surface area contributed by atoms with Crippen LogP contribution in [0.1, 0.15) is 10.4 Å². The summed E-state index contributed by atoms with van der Waals surface area (Å²) in [5, 5.41) is 4.47. The molecule has 3 rings (SSSR count). The third-order valence-corrected chi connectivity index (χ3v) is 4.01. The number of nitrogens with zero attached hydrogens (tertiary/aromatic N) is 2. The summed E-state index contributed by atoms with van der Waals surface area (Å²) in [6.07, 6.45) is 0. The molecule has 7 heteroatoms. The molecule has 0 N–H and O–H groups in total. The van der Waals surface area contributed by atoms with Crippen LogP contribution in [0.2, 0.25) is 10.0 Å². The number of rotatable bonds is 3. The summed E-state index contributed by atoms with van der Waals surface area (Å²) in [5.41, 5.74) is 0.749. The minimum absolute atomic E-state index is 0.170. The van der Waals surface area contributed by atoms with Gasteiger partial charge in [0.2, 0.25) is 0 Å². The second-order valence-corrected chi connectivity index (χ2v) is 6.14. The molecule has 0 aliphatic carbocycles. The summed E-state index contributed by atoms with van der Waals surface area (Å²) < 4.78 is 1.10. The minimum Gasteiger partial charge on any atom is -0.275 e. The van der Waals surface area contributed by atoms with Crippen LogP contribution in [0.3, 0.4) is 0 Å². The third-order valence-electron chi connectivity index (χ3n) is 3.32. The van der Waals surface area contributed by atoms with Gasteiger partial charge in [0.15, 0.2) is 0 Å². The summed E-state index contributed by atoms with van der Waals surface area (Å²) in [4.78, 5) is 24.1. The van der Waals surface area contributed by atoms with Crippen molar-refractivity contribution >= 4 is 40.0 Å². The van der Waals surface area contributed by atoms with Crippen LogP contribution in [0.4, 0.5) is 0 Å². The van der Waals surface area contributed by atoms with E-state index in [1.54, 1.807) is 48.5 Å². The van der Waals surface area contributed by atoms with Crippen molar-refractivity contribution in [1.82, 2.24) is 9.78 Å². The Labute approximate surface area is 152 Å². The molecule has 3 aromatic rings. The van der Waals surface area contributed by atoms with Crippen molar-refractivity contribution in [2.75, 3.05) is 0 Å². The van der Waals surface area contributed by atoms with E-state index in [0.717, 1.165) is 4.68 Å². The maximum absolute atomic E-state index is 12.5. The van der Waals surface area contributed by atoms with Crippen molar-refractivity contribution in [1.29, 1.82) is 0 Å². The van der Waals surface area contributed by atoms with Crippen LogP contribution in [0, 0.1) is 0 Å². The Bertz CT molecular complexity index is 982. The van der Waals surface area contributed by atoms with E-state index in [-0.39, 0.29) is 5.56 Å². The molecule has 0 amide bonds. The van der Waals surface area contributed by atoms with Gasteiger partial charge in [0.1, 0.15) is 5.56 Å². The van der Waals surface area contributed by atoms with Crippen LogP contribution in [0.25, 0.3) is 16.9 Å². The number of hydrogen-bond donors (Lipinski definition) is 0. The Morgan fingerprint density at radius 1 is 0.958 bits per heavy atom. The number of halogens is 3. The lowest BCUT2D eigenvalue weighted by molar-refractivity contribution is 0.107. The van der Waals surface area contributed by atoms with E-state index in [1.165, 1.54) is 6.07 Å². The zero-order valence-corrected chi connectivity index (χ0v) is 14.3. The van der Waals surface area contributed by atoms with E-state index in [0.29, 0.717) is 27.0 Å². The van der Waals surface area contributed by atoms with Gasteiger partial charge in [-0.2, -0.15) is 9.78 Å². The Morgan fingerprint density at radius 3 is 2.29 bits per heavy atom. The fourth-order valence-corrected chi connectivity index (χ4v) is 2.63. The van der Waals surface area contributed by atoms with Crippen LogP contribution in [-0.2, 0) is 0 Å². The average Bonchev–Trinajstić information content (AvgIpc) is 2.55. The molecule has 0 atom stereocenters. The predicted octanol–water partition coefficient (Wildman–Crippen LogP) is 4.59. The molecule has 0 fully saturated rings. The Balaban J connectivity index is 2.27. The van der Waals surface area contributed by atoms with Crippen molar-refractivity contribution in [3.8, 4) is 16.9 Å². The fourth-order valence-electron chi connectivity index (χ4n) is 2.18. The molecule has 120 valence electrons. The van der Waals surface area contributed by atoms with Crippen LogP contribution >= 0.6 is 34.8 Å². The minimum atomic E-state index is -0.853. The van der Waals surface area contributed by atoms with Crippen molar-refractivity contribution in [2.24, 2.45) is 0 Å². The zero-order valence-electron chi connectivity index (χ0n) is 12.0. The number of carbonyl (C=O) groups is 1. The Morgan fingerprint density at radius 2 is 1.67 bits per heavy atom. The molecule has 0 bridgehead atoms. The number of aromatic nitrogens is 2. The smallest absolute Gasteiger partial charge is 0.275 e. The zero-order chi connectivity index (χ0) is 17.3. The molecule has 24 heavy (non-hydrogen) atoms. The maximum Gasteiger partial charge on any atom is 0.283 e. The van der Waals surface area contributed by atoms with Crippen LogP contribution in [0.15, 0.2) is 59.4 Å². The van der Waals surface area contributed by atoms with Gasteiger partial charge >= 0.3 is 0 Å². The molecular weight excluding hydrogens is 371 g/mol. The van der Waals surface area contributed by atoms with Crippen molar-refractivity contribution in [3.05, 3.63) is 80.6 Å². The quantitative estimate of drug-likeness (QED) is 0.626. The first-order chi connectivity index (χ1) is 11.5. The molecule has 1 aromatic heterocycles. The standard InChI is InChI=1S/C17H9Cl3N2O2/c18-11-6-4-10(5-7-11)15-9-14(16(20)23)17(24)22(21-15)13-3-1-2-12(19)8-13/h1-9H. The maximum atomic E-state index is 12.5. The van der Waals surface area contributed by atoms with Gasteiger partial charge in [0.25, 0.3) is 10.8 Å². The molecule has 0 unspecified atom stereocenters. The molecule has 0 aliphatic heterocycles. The van der Waals surface area contributed by atoms with Crippen molar-refractivity contribution < 1.29 is 4.79 Å². The second-order valence-electron chi connectivity index (χ2n) is 4.92. The summed E-state index contributed by atoms with van der Waals surface area (Å²) in [6.45, 7) is 0. The molecule has 2 aromatic carbocycles. The van der Waals surface area contributed by atoms with E-state index in [9.17, 15) is 9.59 Å². The van der Waals surface area contributed by atoms with Gasteiger partial charge in [-0.1, -0.05) is 41.4 Å². The lowest BCUT2D eigenvalue weighted by Gasteiger charge is -2.10. The van der Waals surface area contributed by atoms with Crippen LogP contribution in [0.5, 0.6) is 0 Å². The van der Waals surface area contributed by atoms with Gasteiger partial charge in [-0.15, -0.1) is 0 Å². The highest BCUT2D eigenvalue weighted by atomic mass is 35.5. The largest absolute Gasteiger partial charge is 0.283 e. The topological polar surface area (TPSA) is 52.0 Å². The van der Waals surface area contributed by atoms with Gasteiger partial charge in [-0.05, 0) is 48.0 Å².